The second-order valence-corrected chi connectivity index (χ2v) is 4.88. The minimum atomic E-state index is -0.190. The van der Waals surface area contributed by atoms with E-state index < -0.39 is 0 Å². The predicted molar refractivity (Wildman–Crippen MR) is 83.1 cm³/mol. The van der Waals surface area contributed by atoms with Gasteiger partial charge in [0.2, 0.25) is 5.91 Å². The highest BCUT2D eigenvalue weighted by atomic mass is 16.5. The van der Waals surface area contributed by atoms with Gasteiger partial charge in [-0.05, 0) is 40.2 Å². The lowest BCUT2D eigenvalue weighted by Crippen LogP contribution is -2.28. The van der Waals surface area contributed by atoms with Crippen LogP contribution < -0.4 is 14.9 Å². The van der Waals surface area contributed by atoms with Gasteiger partial charge in [0.05, 0.1) is 10.8 Å². The molecular weight excluding hydrogens is 282 g/mol. The highest BCUT2D eigenvalue weighted by Gasteiger charge is 2.11. The van der Waals surface area contributed by atoms with Gasteiger partial charge < -0.3 is 15.4 Å². The van der Waals surface area contributed by atoms with E-state index in [4.69, 9.17) is 0 Å². The van der Waals surface area contributed by atoms with Gasteiger partial charge >= 0.3 is 5.82 Å². The third kappa shape index (κ3) is 3.78. The van der Waals surface area contributed by atoms with Gasteiger partial charge in [0, 0.05) is 32.8 Å². The molecule has 1 aromatic heterocycles. The Morgan fingerprint density at radius 3 is 2.64 bits per heavy atom. The molecule has 0 spiro atoms. The molecule has 0 aliphatic rings. The van der Waals surface area contributed by atoms with Gasteiger partial charge in [0.1, 0.15) is 11.9 Å². The van der Waals surface area contributed by atoms with Crippen molar-refractivity contribution in [3.8, 4) is 0 Å². The van der Waals surface area contributed by atoms with Crippen molar-refractivity contribution >= 4 is 28.8 Å². The fraction of sp³-hybridized carbons (Fsp3) is 0.200. The van der Waals surface area contributed by atoms with Crippen LogP contribution in [-0.2, 0) is 4.79 Å². The number of hydrogen-bond acceptors (Lipinski definition) is 5. The van der Waals surface area contributed by atoms with Crippen LogP contribution in [0.15, 0.2) is 52.8 Å². The number of nitrogens with one attached hydrogen (secondary N) is 1. The van der Waals surface area contributed by atoms with Crippen molar-refractivity contribution < 1.29 is 14.7 Å². The van der Waals surface area contributed by atoms with E-state index in [1.807, 2.05) is 31.1 Å². The van der Waals surface area contributed by atoms with Crippen molar-refractivity contribution in [2.45, 2.75) is 6.92 Å². The molecule has 0 saturated heterocycles. The van der Waals surface area contributed by atoms with Gasteiger partial charge in [-0.25, -0.2) is 0 Å². The lowest BCUT2D eigenvalue weighted by molar-refractivity contribution is -0.894. The van der Waals surface area contributed by atoms with Gasteiger partial charge in [-0.1, -0.05) is 0 Å². The number of benzene rings is 1. The van der Waals surface area contributed by atoms with Gasteiger partial charge in [-0.15, -0.1) is 0 Å². The van der Waals surface area contributed by atoms with Crippen LogP contribution >= 0.6 is 0 Å². The summed E-state index contributed by atoms with van der Waals surface area (Å²) < 4.78 is 0.871. The fourth-order valence-electron chi connectivity index (χ4n) is 1.79. The Balaban J connectivity index is 2.37. The van der Waals surface area contributed by atoms with E-state index in [0.717, 1.165) is 10.4 Å². The van der Waals surface area contributed by atoms with Crippen molar-refractivity contribution in [3.05, 3.63) is 42.6 Å². The highest BCUT2D eigenvalue weighted by molar-refractivity contribution is 5.92. The lowest BCUT2D eigenvalue weighted by Gasteiger charge is -2.14. The van der Waals surface area contributed by atoms with Gasteiger partial charge in [-0.2, -0.15) is 0 Å². The van der Waals surface area contributed by atoms with Crippen molar-refractivity contribution in [2.24, 2.45) is 10.2 Å². The highest BCUT2D eigenvalue weighted by Crippen LogP contribution is 2.30. The molecule has 0 aliphatic heterocycles. The molecule has 0 unspecified atom stereocenters. The number of anilines is 2. The molecule has 0 aliphatic carbocycles. The van der Waals surface area contributed by atoms with Crippen LogP contribution in [0, 0.1) is 0 Å². The molecular formula is C15H18N5O2+. The maximum absolute atomic E-state index is 11.3. The summed E-state index contributed by atoms with van der Waals surface area (Å²) in [6, 6.07) is 10.5. The number of amides is 1. The molecule has 7 heteroatoms. The summed E-state index contributed by atoms with van der Waals surface area (Å²) in [6.07, 6.45) is 1.46. The Hall–Kier alpha value is -2.96. The van der Waals surface area contributed by atoms with Crippen LogP contribution in [0.4, 0.5) is 22.9 Å². The first kappa shape index (κ1) is 15.4. The van der Waals surface area contributed by atoms with Gasteiger partial charge in [-0.3, -0.25) is 4.79 Å². The molecule has 0 fully saturated rings. The monoisotopic (exact) mass is 300 g/mol. The molecule has 7 nitrogen and oxygen atoms in total. The maximum Gasteiger partial charge on any atom is 0.388 e. The first-order valence-electron chi connectivity index (χ1n) is 6.68. The van der Waals surface area contributed by atoms with Crippen LogP contribution in [0.25, 0.3) is 0 Å². The summed E-state index contributed by atoms with van der Waals surface area (Å²) in [5.74, 6) is 0.0947. The molecule has 0 atom stereocenters. The van der Waals surface area contributed by atoms with Crippen molar-refractivity contribution in [1.29, 1.82) is 0 Å². The molecule has 1 amide bonds. The Labute approximate surface area is 128 Å². The summed E-state index contributed by atoms with van der Waals surface area (Å²) in [5.41, 5.74) is 1.99. The molecule has 2 rings (SSSR count). The van der Waals surface area contributed by atoms with Crippen LogP contribution in [-0.4, -0.2) is 25.2 Å². The summed E-state index contributed by atoms with van der Waals surface area (Å²) in [5, 5.41) is 20.4. The minimum absolute atomic E-state index is 0.190. The molecule has 0 bridgehead atoms. The van der Waals surface area contributed by atoms with E-state index >= 15 is 0 Å². The summed E-state index contributed by atoms with van der Waals surface area (Å²) in [6.45, 7) is 1.43. The van der Waals surface area contributed by atoms with E-state index in [2.05, 4.69) is 15.5 Å². The summed E-state index contributed by atoms with van der Waals surface area (Å²) >= 11 is 0. The zero-order chi connectivity index (χ0) is 16.1. The number of carbonyl (C=O) groups is 1. The molecule has 114 valence electrons. The number of nitrogens with zero attached hydrogens (tertiary/aromatic N) is 4. The second-order valence-electron chi connectivity index (χ2n) is 4.88. The van der Waals surface area contributed by atoms with Crippen molar-refractivity contribution in [1.82, 2.24) is 0 Å². The molecule has 0 saturated carbocycles. The Bertz CT molecular complexity index is 713. The van der Waals surface area contributed by atoms with Crippen molar-refractivity contribution in [3.63, 3.8) is 0 Å². The Kier molecular flexibility index (Phi) is 4.67. The van der Waals surface area contributed by atoms with Crippen LogP contribution in [0.2, 0.25) is 0 Å². The molecule has 0 radical (unpaired) electrons. The summed E-state index contributed by atoms with van der Waals surface area (Å²) in [7, 11) is 3.82. The standard InChI is InChI=1S/C15H17N5O2/c1-11(21)16-14-10-12(19(2)3)7-8-13(14)17-18-15-6-4-5-9-20(15)22/h4-10,22H,1-3H3/p+1. The number of rotatable bonds is 4. The average molecular weight is 300 g/mol. The molecule has 1 aromatic carbocycles. The molecule has 1 heterocycles. The van der Waals surface area contributed by atoms with Gasteiger partial charge in [0.15, 0.2) is 0 Å². The third-order valence-corrected chi connectivity index (χ3v) is 2.89. The van der Waals surface area contributed by atoms with E-state index in [1.54, 1.807) is 24.3 Å². The average Bonchev–Trinajstić information content (AvgIpc) is 2.46. The number of hydrogen-bond donors (Lipinski definition) is 2. The predicted octanol–water partition coefficient (Wildman–Crippen LogP) is 2.65. The number of carbonyl (C=O) groups excluding carboxylic acids is 1. The summed E-state index contributed by atoms with van der Waals surface area (Å²) in [4.78, 5) is 13.3. The number of azo groups is 1. The zero-order valence-electron chi connectivity index (χ0n) is 12.7. The van der Waals surface area contributed by atoms with Crippen LogP contribution in [0.5, 0.6) is 0 Å². The topological polar surface area (TPSA) is 81.2 Å². The SMILES string of the molecule is CC(=O)Nc1cc(N(C)C)ccc1N=Nc1cccc[n+]1O. The van der Waals surface area contributed by atoms with Crippen molar-refractivity contribution in [2.75, 3.05) is 24.3 Å². The molecule has 2 N–H and O–H groups in total. The minimum Gasteiger partial charge on any atom is -0.378 e. The second kappa shape index (κ2) is 6.66. The van der Waals surface area contributed by atoms with E-state index in [1.165, 1.54) is 13.1 Å². The number of aromatic nitrogens is 1. The Morgan fingerprint density at radius 2 is 2.00 bits per heavy atom. The normalized spacial score (nSPS) is 10.7. The number of pyridine rings is 1. The van der Waals surface area contributed by atoms with E-state index in [9.17, 15) is 10.0 Å². The lowest BCUT2D eigenvalue weighted by atomic mass is 10.2. The quantitative estimate of drug-likeness (QED) is 0.517. The third-order valence-electron chi connectivity index (χ3n) is 2.89. The molecule has 2 aromatic rings. The smallest absolute Gasteiger partial charge is 0.378 e. The first-order chi connectivity index (χ1) is 10.5. The van der Waals surface area contributed by atoms with Crippen LogP contribution in [0.1, 0.15) is 6.92 Å². The van der Waals surface area contributed by atoms with Crippen LogP contribution in [0.3, 0.4) is 0 Å². The Morgan fingerprint density at radius 1 is 1.23 bits per heavy atom. The fourth-order valence-corrected chi connectivity index (χ4v) is 1.79. The maximum atomic E-state index is 11.3. The molecule has 22 heavy (non-hydrogen) atoms. The van der Waals surface area contributed by atoms with E-state index in [-0.39, 0.29) is 11.7 Å². The largest absolute Gasteiger partial charge is 0.388 e. The van der Waals surface area contributed by atoms with Gasteiger partial charge in [0.25, 0.3) is 0 Å². The first-order valence-corrected chi connectivity index (χ1v) is 6.68. The zero-order valence-corrected chi connectivity index (χ0v) is 12.7. The van der Waals surface area contributed by atoms with E-state index in [0.29, 0.717) is 11.4 Å².